The minimum absolute atomic E-state index is 0.107. The summed E-state index contributed by atoms with van der Waals surface area (Å²) in [6, 6.07) is 0. The molecule has 9 heavy (non-hydrogen) atoms. The Kier molecular flexibility index (Phi) is 1.55. The van der Waals surface area contributed by atoms with Crippen molar-refractivity contribution >= 4 is 21.9 Å². The second kappa shape index (κ2) is 1.97. The minimum Gasteiger partial charge on any atom is -0.464 e. The maximum absolute atomic E-state index is 10.9. The molecule has 52 valence electrons. The highest BCUT2D eigenvalue weighted by Gasteiger charge is 2.42. The van der Waals surface area contributed by atoms with Crippen molar-refractivity contribution in [2.45, 2.75) is 18.7 Å². The number of hydrogen-bond acceptors (Lipinski definition) is 2. The average Bonchev–Trinajstić information content (AvgIpc) is 1.96. The van der Waals surface area contributed by atoms with Crippen LogP contribution in [0.25, 0.3) is 0 Å². The monoisotopic (exact) mass is 192 g/mol. The molecular formula is C6H9BrO2. The van der Waals surface area contributed by atoms with Crippen LogP contribution in [0.3, 0.4) is 0 Å². The van der Waals surface area contributed by atoms with Gasteiger partial charge in [-0.2, -0.15) is 0 Å². The van der Waals surface area contributed by atoms with Crippen molar-refractivity contribution in [2.24, 2.45) is 5.41 Å². The molecule has 0 spiro atoms. The lowest BCUT2D eigenvalue weighted by molar-refractivity contribution is -0.144. The number of carbonyl (C=O) groups excluding carboxylic acids is 1. The number of esters is 1. The van der Waals surface area contributed by atoms with Crippen molar-refractivity contribution in [3.05, 3.63) is 0 Å². The molecular weight excluding hydrogens is 184 g/mol. The molecule has 0 radical (unpaired) electrons. The molecule has 1 saturated heterocycles. The third-order valence-corrected chi connectivity index (χ3v) is 3.08. The Morgan fingerprint density at radius 3 is 2.44 bits per heavy atom. The Morgan fingerprint density at radius 2 is 2.33 bits per heavy atom. The normalized spacial score (nSPS) is 32.3. The summed E-state index contributed by atoms with van der Waals surface area (Å²) in [6.07, 6.45) is 0. The molecule has 1 atom stereocenters. The van der Waals surface area contributed by atoms with Gasteiger partial charge >= 0.3 is 5.97 Å². The van der Waals surface area contributed by atoms with E-state index in [9.17, 15) is 4.79 Å². The lowest BCUT2D eigenvalue weighted by Crippen LogP contribution is -2.25. The Labute approximate surface area is 62.7 Å². The third-order valence-electron chi connectivity index (χ3n) is 1.67. The Balaban J connectivity index is 2.78. The van der Waals surface area contributed by atoms with Crippen molar-refractivity contribution in [3.63, 3.8) is 0 Å². The van der Waals surface area contributed by atoms with Crippen LogP contribution >= 0.6 is 15.9 Å². The molecule has 1 aliphatic rings. The van der Waals surface area contributed by atoms with Gasteiger partial charge in [-0.1, -0.05) is 15.9 Å². The van der Waals surface area contributed by atoms with Crippen molar-refractivity contribution in [1.29, 1.82) is 0 Å². The van der Waals surface area contributed by atoms with Crippen molar-refractivity contribution in [1.82, 2.24) is 0 Å². The standard InChI is InChI=1S/C6H9BrO2/c1-6(2)4(7)3-9-5(6)8/h4H,3H2,1-2H3. The molecule has 0 aromatic heterocycles. The lowest BCUT2D eigenvalue weighted by atomic mass is 9.92. The SMILES string of the molecule is CC1(C)C(=O)OCC1Br. The fraction of sp³-hybridized carbons (Fsp3) is 0.833. The molecule has 1 fully saturated rings. The highest BCUT2D eigenvalue weighted by atomic mass is 79.9. The number of carbonyl (C=O) groups is 1. The smallest absolute Gasteiger partial charge is 0.312 e. The molecule has 1 aliphatic heterocycles. The second-order valence-corrected chi connectivity index (χ2v) is 3.89. The Hall–Kier alpha value is -0.0500. The zero-order valence-electron chi connectivity index (χ0n) is 5.48. The van der Waals surface area contributed by atoms with Gasteiger partial charge in [0.05, 0.1) is 10.2 Å². The quantitative estimate of drug-likeness (QED) is 0.428. The summed E-state index contributed by atoms with van der Waals surface area (Å²) >= 11 is 3.35. The average molecular weight is 193 g/mol. The molecule has 0 bridgehead atoms. The molecule has 0 N–H and O–H groups in total. The van der Waals surface area contributed by atoms with Gasteiger partial charge in [0.1, 0.15) is 6.61 Å². The van der Waals surface area contributed by atoms with Gasteiger partial charge in [0.25, 0.3) is 0 Å². The molecule has 1 unspecified atom stereocenters. The summed E-state index contributed by atoms with van der Waals surface area (Å²) in [5.74, 6) is -0.107. The largest absolute Gasteiger partial charge is 0.464 e. The zero-order valence-corrected chi connectivity index (χ0v) is 7.06. The van der Waals surface area contributed by atoms with Crippen LogP contribution in [0.2, 0.25) is 0 Å². The van der Waals surface area contributed by atoms with Gasteiger partial charge < -0.3 is 4.74 Å². The number of rotatable bonds is 0. The number of halogens is 1. The maximum Gasteiger partial charge on any atom is 0.312 e. The van der Waals surface area contributed by atoms with Crippen LogP contribution in [0.5, 0.6) is 0 Å². The van der Waals surface area contributed by atoms with E-state index in [1.54, 1.807) is 0 Å². The van der Waals surface area contributed by atoms with Crippen LogP contribution in [0.15, 0.2) is 0 Å². The Morgan fingerprint density at radius 1 is 1.78 bits per heavy atom. The van der Waals surface area contributed by atoms with Gasteiger partial charge in [-0.3, -0.25) is 4.79 Å². The van der Waals surface area contributed by atoms with Gasteiger partial charge in [0.2, 0.25) is 0 Å². The fourth-order valence-corrected chi connectivity index (χ4v) is 0.990. The van der Waals surface area contributed by atoms with Crippen LogP contribution in [0.1, 0.15) is 13.8 Å². The summed E-state index contributed by atoms with van der Waals surface area (Å²) < 4.78 is 4.79. The third kappa shape index (κ3) is 0.980. The van der Waals surface area contributed by atoms with E-state index in [4.69, 9.17) is 4.74 Å². The topological polar surface area (TPSA) is 26.3 Å². The van der Waals surface area contributed by atoms with E-state index in [0.717, 1.165) is 0 Å². The molecule has 3 heteroatoms. The summed E-state index contributed by atoms with van der Waals surface area (Å²) in [4.78, 5) is 11.0. The predicted octanol–water partition coefficient (Wildman–Crippen LogP) is 1.33. The van der Waals surface area contributed by atoms with E-state index in [1.807, 2.05) is 13.8 Å². The first-order valence-electron chi connectivity index (χ1n) is 2.86. The van der Waals surface area contributed by atoms with E-state index in [2.05, 4.69) is 15.9 Å². The van der Waals surface area contributed by atoms with Crippen molar-refractivity contribution in [3.8, 4) is 0 Å². The summed E-state index contributed by atoms with van der Waals surface area (Å²) in [5, 5.41) is 0. The van der Waals surface area contributed by atoms with Gasteiger partial charge in [-0.25, -0.2) is 0 Å². The maximum atomic E-state index is 10.9. The van der Waals surface area contributed by atoms with Crippen molar-refractivity contribution < 1.29 is 9.53 Å². The van der Waals surface area contributed by atoms with E-state index < -0.39 is 0 Å². The van der Waals surface area contributed by atoms with Crippen LogP contribution < -0.4 is 0 Å². The summed E-state index contributed by atoms with van der Waals surface area (Å²) in [7, 11) is 0. The molecule has 1 rings (SSSR count). The fourth-order valence-electron chi connectivity index (χ4n) is 0.671. The number of ether oxygens (including phenoxy) is 1. The van der Waals surface area contributed by atoms with Crippen LogP contribution in [0, 0.1) is 5.41 Å². The first-order chi connectivity index (χ1) is 4.05. The minimum atomic E-state index is -0.333. The number of alkyl halides is 1. The molecule has 0 saturated carbocycles. The zero-order chi connectivity index (χ0) is 7.07. The first-order valence-corrected chi connectivity index (χ1v) is 3.78. The summed E-state index contributed by atoms with van der Waals surface area (Å²) in [6.45, 7) is 4.26. The van der Waals surface area contributed by atoms with Gasteiger partial charge in [-0.15, -0.1) is 0 Å². The molecule has 0 aromatic rings. The molecule has 0 aliphatic carbocycles. The van der Waals surface area contributed by atoms with Gasteiger partial charge in [-0.05, 0) is 13.8 Å². The predicted molar refractivity (Wildman–Crippen MR) is 37.5 cm³/mol. The number of cyclic esters (lactones) is 1. The molecule has 2 nitrogen and oxygen atoms in total. The van der Waals surface area contributed by atoms with E-state index in [0.29, 0.717) is 6.61 Å². The first kappa shape index (κ1) is 7.06. The van der Waals surface area contributed by atoms with E-state index >= 15 is 0 Å². The van der Waals surface area contributed by atoms with Crippen LogP contribution in [-0.4, -0.2) is 17.4 Å². The second-order valence-electron chi connectivity index (χ2n) is 2.79. The highest BCUT2D eigenvalue weighted by Crippen LogP contribution is 2.33. The van der Waals surface area contributed by atoms with Gasteiger partial charge in [0, 0.05) is 0 Å². The van der Waals surface area contributed by atoms with Gasteiger partial charge in [0.15, 0.2) is 0 Å². The van der Waals surface area contributed by atoms with E-state index in [1.165, 1.54) is 0 Å². The summed E-state index contributed by atoms with van der Waals surface area (Å²) in [5.41, 5.74) is -0.333. The lowest BCUT2D eigenvalue weighted by Gasteiger charge is -2.14. The molecule has 0 amide bonds. The highest BCUT2D eigenvalue weighted by molar-refractivity contribution is 9.09. The molecule has 1 heterocycles. The van der Waals surface area contributed by atoms with E-state index in [-0.39, 0.29) is 16.2 Å². The number of hydrogen-bond donors (Lipinski definition) is 0. The van der Waals surface area contributed by atoms with Crippen molar-refractivity contribution in [2.75, 3.05) is 6.61 Å². The van der Waals surface area contributed by atoms with Crippen LogP contribution in [-0.2, 0) is 9.53 Å². The van der Waals surface area contributed by atoms with Crippen LogP contribution in [0.4, 0.5) is 0 Å². The molecule has 0 aromatic carbocycles. The Bertz CT molecular complexity index is 142.